The van der Waals surface area contributed by atoms with Crippen LogP contribution in [0.1, 0.15) is 11.1 Å². The van der Waals surface area contributed by atoms with Gasteiger partial charge in [0.2, 0.25) is 5.91 Å². The average molecular weight is 458 g/mol. The van der Waals surface area contributed by atoms with Crippen molar-refractivity contribution in [3.63, 3.8) is 0 Å². The first-order valence-corrected chi connectivity index (χ1v) is 11.1. The van der Waals surface area contributed by atoms with Gasteiger partial charge in [0, 0.05) is 18.7 Å². The van der Waals surface area contributed by atoms with E-state index in [9.17, 15) is 20.2 Å². The second-order valence-electron chi connectivity index (χ2n) is 7.21. The fourth-order valence-electron chi connectivity index (χ4n) is 3.43. The first kappa shape index (κ1) is 22.0. The number of amides is 1. The van der Waals surface area contributed by atoms with Crippen molar-refractivity contribution in [1.82, 2.24) is 9.55 Å². The van der Waals surface area contributed by atoms with Gasteiger partial charge >= 0.3 is 0 Å². The number of nitrogens with one attached hydrogen (secondary N) is 1. The Hall–Kier alpha value is -4.16. The van der Waals surface area contributed by atoms with Gasteiger partial charge in [-0.25, -0.2) is 4.98 Å². The maximum absolute atomic E-state index is 12.6. The van der Waals surface area contributed by atoms with Crippen molar-refractivity contribution in [3.05, 3.63) is 94.0 Å². The minimum absolute atomic E-state index is 0.0395. The predicted octanol–water partition coefficient (Wildman–Crippen LogP) is 4.79. The summed E-state index contributed by atoms with van der Waals surface area (Å²) < 4.78 is 2.10. The van der Waals surface area contributed by atoms with Gasteiger partial charge in [-0.15, -0.1) is 0 Å². The summed E-state index contributed by atoms with van der Waals surface area (Å²) in [6, 6.07) is 23.7. The van der Waals surface area contributed by atoms with E-state index in [1.165, 1.54) is 29.5 Å². The number of para-hydroxylation sites is 2. The van der Waals surface area contributed by atoms with Crippen LogP contribution in [0.4, 0.5) is 11.4 Å². The second-order valence-corrected chi connectivity index (χ2v) is 8.15. The number of imidazole rings is 1. The molecular formula is C24H19N5O3S. The van der Waals surface area contributed by atoms with Crippen LogP contribution < -0.4 is 5.32 Å². The number of aromatic nitrogens is 2. The van der Waals surface area contributed by atoms with Crippen molar-refractivity contribution in [3.8, 4) is 6.07 Å². The monoisotopic (exact) mass is 457 g/mol. The molecule has 0 unspecified atom stereocenters. The van der Waals surface area contributed by atoms with Crippen LogP contribution in [0.25, 0.3) is 11.0 Å². The third kappa shape index (κ3) is 5.19. The Morgan fingerprint density at radius 2 is 1.88 bits per heavy atom. The van der Waals surface area contributed by atoms with Crippen molar-refractivity contribution in [2.75, 3.05) is 11.1 Å². The predicted molar refractivity (Wildman–Crippen MR) is 127 cm³/mol. The quantitative estimate of drug-likeness (QED) is 0.231. The smallest absolute Gasteiger partial charge is 0.270 e. The van der Waals surface area contributed by atoms with Crippen molar-refractivity contribution >= 4 is 40.1 Å². The number of rotatable bonds is 8. The molecule has 1 heterocycles. The van der Waals surface area contributed by atoms with Crippen LogP contribution in [0, 0.1) is 21.4 Å². The third-order valence-electron chi connectivity index (χ3n) is 5.03. The fourth-order valence-corrected chi connectivity index (χ4v) is 4.27. The maximum Gasteiger partial charge on any atom is 0.270 e. The lowest BCUT2D eigenvalue weighted by atomic mass is 10.1. The van der Waals surface area contributed by atoms with Crippen LogP contribution in [0.3, 0.4) is 0 Å². The lowest BCUT2D eigenvalue weighted by Crippen LogP contribution is -2.15. The van der Waals surface area contributed by atoms with Crippen LogP contribution >= 0.6 is 11.8 Å². The number of benzene rings is 3. The fraction of sp³-hybridized carbons (Fsp3) is 0.125. The zero-order valence-corrected chi connectivity index (χ0v) is 18.3. The molecule has 9 heteroatoms. The molecule has 0 bridgehead atoms. The number of carbonyl (C=O) groups excluding carboxylic acids is 1. The zero-order chi connectivity index (χ0) is 23.2. The lowest BCUT2D eigenvalue weighted by Gasteiger charge is -2.10. The summed E-state index contributed by atoms with van der Waals surface area (Å²) in [7, 11) is 0. The summed E-state index contributed by atoms with van der Waals surface area (Å²) in [5.41, 5.74) is 3.15. The van der Waals surface area contributed by atoms with Crippen LogP contribution in [0.2, 0.25) is 0 Å². The van der Waals surface area contributed by atoms with E-state index in [1.807, 2.05) is 48.5 Å². The number of nitro groups is 1. The lowest BCUT2D eigenvalue weighted by molar-refractivity contribution is -0.384. The maximum atomic E-state index is 12.6. The first-order valence-electron chi connectivity index (χ1n) is 10.2. The number of thioether (sulfide) groups is 1. The van der Waals surface area contributed by atoms with Crippen LogP contribution in [0.5, 0.6) is 0 Å². The molecule has 0 atom stereocenters. The minimum Gasteiger partial charge on any atom is -0.324 e. The van der Waals surface area contributed by atoms with Gasteiger partial charge in [-0.2, -0.15) is 5.26 Å². The Morgan fingerprint density at radius 3 is 2.64 bits per heavy atom. The van der Waals surface area contributed by atoms with E-state index in [1.54, 1.807) is 0 Å². The number of fused-ring (bicyclic) bond motifs is 1. The third-order valence-corrected chi connectivity index (χ3v) is 6.00. The van der Waals surface area contributed by atoms with E-state index in [0.29, 0.717) is 0 Å². The van der Waals surface area contributed by atoms with E-state index in [4.69, 9.17) is 0 Å². The minimum atomic E-state index is -0.581. The molecule has 33 heavy (non-hydrogen) atoms. The Labute approximate surface area is 194 Å². The van der Waals surface area contributed by atoms with Gasteiger partial charge in [0.15, 0.2) is 5.16 Å². The molecule has 1 N–H and O–H groups in total. The SMILES string of the molecule is N#Cc1cc([N+](=O)[O-])ccc1NC(=O)CSc1nc2ccccc2n1CCc1ccccc1. The van der Waals surface area contributed by atoms with E-state index < -0.39 is 4.92 Å². The molecule has 8 nitrogen and oxygen atoms in total. The molecule has 0 aliphatic heterocycles. The van der Waals surface area contributed by atoms with Crippen LogP contribution in [0.15, 0.2) is 78.0 Å². The number of nitrogens with zero attached hydrogens (tertiary/aromatic N) is 4. The number of nitriles is 1. The molecule has 4 rings (SSSR count). The highest BCUT2D eigenvalue weighted by molar-refractivity contribution is 7.99. The molecule has 1 amide bonds. The molecule has 0 radical (unpaired) electrons. The highest BCUT2D eigenvalue weighted by Crippen LogP contribution is 2.26. The van der Waals surface area contributed by atoms with Gasteiger partial charge in [-0.1, -0.05) is 54.2 Å². The summed E-state index contributed by atoms with van der Waals surface area (Å²) in [4.78, 5) is 27.6. The molecule has 0 spiro atoms. The summed E-state index contributed by atoms with van der Waals surface area (Å²) in [5, 5.41) is 23.6. The van der Waals surface area contributed by atoms with Crippen LogP contribution in [-0.2, 0) is 17.8 Å². The number of anilines is 1. The Kier molecular flexibility index (Phi) is 6.66. The van der Waals surface area contributed by atoms with Gasteiger partial charge in [0.1, 0.15) is 6.07 Å². The molecule has 3 aromatic carbocycles. The largest absolute Gasteiger partial charge is 0.324 e. The second kappa shape index (κ2) is 9.97. The number of nitro benzene ring substituents is 1. The van der Waals surface area contributed by atoms with Crippen molar-refractivity contribution in [1.29, 1.82) is 5.26 Å². The van der Waals surface area contributed by atoms with Gasteiger partial charge < -0.3 is 9.88 Å². The van der Waals surface area contributed by atoms with Gasteiger partial charge in [0.25, 0.3) is 5.69 Å². The molecule has 0 aliphatic carbocycles. The van der Waals surface area contributed by atoms with Gasteiger partial charge in [0.05, 0.1) is 33.0 Å². The highest BCUT2D eigenvalue weighted by atomic mass is 32.2. The molecule has 164 valence electrons. The summed E-state index contributed by atoms with van der Waals surface area (Å²) in [6.45, 7) is 0.718. The number of carbonyl (C=O) groups is 1. The van der Waals surface area contributed by atoms with E-state index >= 15 is 0 Å². The Bertz CT molecular complexity index is 1360. The van der Waals surface area contributed by atoms with Gasteiger partial charge in [-0.05, 0) is 30.2 Å². The van der Waals surface area contributed by atoms with E-state index in [2.05, 4.69) is 27.0 Å². The number of non-ortho nitro benzene ring substituents is 1. The zero-order valence-electron chi connectivity index (χ0n) is 17.5. The normalized spacial score (nSPS) is 10.6. The number of aryl methyl sites for hydroxylation is 2. The molecule has 0 fully saturated rings. The molecule has 0 aliphatic rings. The standard InChI is InChI=1S/C24H19N5O3S/c25-15-18-14-19(29(31)32)10-11-20(18)26-23(30)16-33-24-27-21-8-4-5-9-22(21)28(24)13-12-17-6-2-1-3-7-17/h1-11,14H,12-13,16H2,(H,26,30). The molecule has 1 aromatic heterocycles. The number of hydrogen-bond acceptors (Lipinski definition) is 6. The Balaban J connectivity index is 1.48. The topological polar surface area (TPSA) is 114 Å². The van der Waals surface area contributed by atoms with E-state index in [-0.39, 0.29) is 28.6 Å². The summed E-state index contributed by atoms with van der Waals surface area (Å²) >= 11 is 1.31. The average Bonchev–Trinajstić information content (AvgIpc) is 3.19. The van der Waals surface area contributed by atoms with Gasteiger partial charge in [-0.3, -0.25) is 14.9 Å². The molecule has 0 saturated heterocycles. The Morgan fingerprint density at radius 1 is 1.12 bits per heavy atom. The first-order chi connectivity index (χ1) is 16.0. The molecular weight excluding hydrogens is 438 g/mol. The molecule has 0 saturated carbocycles. The molecule has 4 aromatic rings. The van der Waals surface area contributed by atoms with Crippen molar-refractivity contribution in [2.45, 2.75) is 18.1 Å². The summed E-state index contributed by atoms with van der Waals surface area (Å²) in [6.07, 6.45) is 0.829. The van der Waals surface area contributed by atoms with Crippen molar-refractivity contribution < 1.29 is 9.72 Å². The highest BCUT2D eigenvalue weighted by Gasteiger charge is 2.15. The van der Waals surface area contributed by atoms with Crippen molar-refractivity contribution in [2.24, 2.45) is 0 Å². The van der Waals surface area contributed by atoms with E-state index in [0.717, 1.165) is 35.2 Å². The van der Waals surface area contributed by atoms with Crippen LogP contribution in [-0.4, -0.2) is 26.1 Å². The number of hydrogen-bond donors (Lipinski definition) is 1. The summed E-state index contributed by atoms with van der Waals surface area (Å²) in [5.74, 6) is -0.247.